The van der Waals surface area contributed by atoms with Crippen LogP contribution in [0.5, 0.6) is 0 Å². The smallest absolute Gasteiger partial charge is 0.269 e. The van der Waals surface area contributed by atoms with Gasteiger partial charge in [-0.25, -0.2) is 4.98 Å². The monoisotopic (exact) mass is 286 g/mol. The molecule has 2 rings (SSSR count). The molecule has 1 aliphatic carbocycles. The number of aromatic nitrogens is 1. The lowest BCUT2D eigenvalue weighted by atomic mass is 9.88. The number of halogens is 2. The minimum atomic E-state index is -0.164. The van der Waals surface area contributed by atoms with Gasteiger partial charge < -0.3 is 5.32 Å². The summed E-state index contributed by atoms with van der Waals surface area (Å²) in [6.45, 7) is 0.625. The molecule has 18 heavy (non-hydrogen) atoms. The van der Waals surface area contributed by atoms with Crippen molar-refractivity contribution in [1.82, 2.24) is 10.3 Å². The van der Waals surface area contributed by atoms with Gasteiger partial charge in [-0.3, -0.25) is 4.79 Å². The number of amides is 1. The van der Waals surface area contributed by atoms with Crippen LogP contribution in [0.15, 0.2) is 18.3 Å². The summed E-state index contributed by atoms with van der Waals surface area (Å²) in [6, 6.07) is 3.29. The van der Waals surface area contributed by atoms with Crippen molar-refractivity contribution in [3.8, 4) is 0 Å². The predicted octanol–water partition coefficient (Wildman–Crippen LogP) is 3.26. The van der Waals surface area contributed by atoms with Crippen LogP contribution in [0.2, 0.25) is 5.02 Å². The number of alkyl halides is 1. The van der Waals surface area contributed by atoms with Crippen LogP contribution in [0.1, 0.15) is 36.2 Å². The van der Waals surface area contributed by atoms with Gasteiger partial charge in [0.1, 0.15) is 5.69 Å². The van der Waals surface area contributed by atoms with E-state index in [1.165, 1.54) is 19.0 Å². The maximum Gasteiger partial charge on any atom is 0.269 e. The van der Waals surface area contributed by atoms with Crippen molar-refractivity contribution in [3.63, 3.8) is 0 Å². The lowest BCUT2D eigenvalue weighted by Crippen LogP contribution is -2.37. The Hall–Kier alpha value is -0.800. The van der Waals surface area contributed by atoms with E-state index in [2.05, 4.69) is 10.3 Å². The summed E-state index contributed by atoms with van der Waals surface area (Å²) in [7, 11) is 0. The molecular formula is C13H16Cl2N2O. The highest BCUT2D eigenvalue weighted by molar-refractivity contribution is 6.30. The Balaban J connectivity index is 1.93. The molecule has 1 saturated carbocycles. The fraction of sp³-hybridized carbons (Fsp3) is 0.538. The van der Waals surface area contributed by atoms with Crippen LogP contribution in [0.3, 0.4) is 0 Å². The van der Waals surface area contributed by atoms with Crippen molar-refractivity contribution in [2.45, 2.75) is 25.7 Å². The molecule has 1 fully saturated rings. The first kappa shape index (κ1) is 13.6. The number of rotatable bonds is 4. The molecule has 1 aromatic heterocycles. The van der Waals surface area contributed by atoms with Gasteiger partial charge in [0.2, 0.25) is 0 Å². The largest absolute Gasteiger partial charge is 0.350 e. The highest BCUT2D eigenvalue weighted by Gasteiger charge is 2.33. The van der Waals surface area contributed by atoms with Gasteiger partial charge in [0.15, 0.2) is 0 Å². The van der Waals surface area contributed by atoms with Crippen LogP contribution in [0.25, 0.3) is 0 Å². The summed E-state index contributed by atoms with van der Waals surface area (Å²) in [4.78, 5) is 15.9. The first-order valence-corrected chi connectivity index (χ1v) is 7.02. The zero-order valence-electron chi connectivity index (χ0n) is 10.1. The Bertz CT molecular complexity index is 414. The first-order valence-electron chi connectivity index (χ1n) is 6.11. The second-order valence-corrected chi connectivity index (χ2v) is 5.59. The highest BCUT2D eigenvalue weighted by Crippen LogP contribution is 2.38. The van der Waals surface area contributed by atoms with E-state index in [4.69, 9.17) is 23.2 Å². The normalized spacial score (nSPS) is 17.7. The second kappa shape index (κ2) is 5.89. The van der Waals surface area contributed by atoms with Crippen LogP contribution in [-0.2, 0) is 0 Å². The molecule has 1 aromatic rings. The van der Waals surface area contributed by atoms with Crippen molar-refractivity contribution in [3.05, 3.63) is 29.0 Å². The molecular weight excluding hydrogens is 271 g/mol. The van der Waals surface area contributed by atoms with Gasteiger partial charge in [0.05, 0.1) is 5.02 Å². The number of pyridine rings is 1. The Labute approximate surface area is 117 Å². The van der Waals surface area contributed by atoms with Gasteiger partial charge >= 0.3 is 0 Å². The summed E-state index contributed by atoms with van der Waals surface area (Å²) < 4.78 is 0. The number of hydrogen-bond donors (Lipinski definition) is 1. The molecule has 0 saturated heterocycles. The van der Waals surface area contributed by atoms with Crippen LogP contribution in [0.4, 0.5) is 0 Å². The van der Waals surface area contributed by atoms with E-state index in [0.717, 1.165) is 12.8 Å². The van der Waals surface area contributed by atoms with Gasteiger partial charge in [-0.05, 0) is 25.0 Å². The molecule has 0 spiro atoms. The topological polar surface area (TPSA) is 42.0 Å². The molecule has 0 atom stereocenters. The molecule has 0 aliphatic heterocycles. The number of carbonyl (C=O) groups is 1. The van der Waals surface area contributed by atoms with E-state index >= 15 is 0 Å². The first-order chi connectivity index (χ1) is 8.65. The minimum absolute atomic E-state index is 0.0731. The number of hydrogen-bond acceptors (Lipinski definition) is 2. The van der Waals surface area contributed by atoms with E-state index in [0.29, 0.717) is 23.1 Å². The zero-order valence-corrected chi connectivity index (χ0v) is 11.6. The molecule has 1 aliphatic rings. The van der Waals surface area contributed by atoms with Crippen molar-refractivity contribution in [1.29, 1.82) is 0 Å². The van der Waals surface area contributed by atoms with Crippen LogP contribution in [-0.4, -0.2) is 23.3 Å². The Morgan fingerprint density at radius 3 is 2.67 bits per heavy atom. The van der Waals surface area contributed by atoms with Crippen LogP contribution >= 0.6 is 23.2 Å². The molecule has 98 valence electrons. The van der Waals surface area contributed by atoms with E-state index in [1.807, 2.05) is 0 Å². The zero-order chi connectivity index (χ0) is 13.0. The summed E-state index contributed by atoms with van der Waals surface area (Å²) in [5.41, 5.74) is 0.464. The fourth-order valence-corrected chi connectivity index (χ4v) is 2.82. The number of nitrogens with zero attached hydrogens (tertiary/aromatic N) is 1. The average Bonchev–Trinajstić information content (AvgIpc) is 2.86. The van der Waals surface area contributed by atoms with Crippen LogP contribution < -0.4 is 5.32 Å². The quantitative estimate of drug-likeness (QED) is 0.864. The van der Waals surface area contributed by atoms with Crippen molar-refractivity contribution >= 4 is 29.1 Å². The third-order valence-corrected chi connectivity index (χ3v) is 4.32. The van der Waals surface area contributed by atoms with Gasteiger partial charge in [0, 0.05) is 24.0 Å². The standard InChI is InChI=1S/C13H16Cl2N2O/c14-8-13(5-1-2-6-13)9-17-12(18)11-4-3-10(15)7-16-11/h3-4,7H,1-2,5-6,8-9H2,(H,17,18). The molecule has 1 amide bonds. The lowest BCUT2D eigenvalue weighted by Gasteiger charge is -2.26. The van der Waals surface area contributed by atoms with Crippen molar-refractivity contribution in [2.75, 3.05) is 12.4 Å². The van der Waals surface area contributed by atoms with Gasteiger partial charge in [-0.1, -0.05) is 24.4 Å². The minimum Gasteiger partial charge on any atom is -0.350 e. The molecule has 0 bridgehead atoms. The lowest BCUT2D eigenvalue weighted by molar-refractivity contribution is 0.0930. The summed E-state index contributed by atoms with van der Waals surface area (Å²) >= 11 is 11.8. The maximum atomic E-state index is 11.9. The van der Waals surface area contributed by atoms with Crippen LogP contribution in [0, 0.1) is 5.41 Å². The average molecular weight is 287 g/mol. The summed E-state index contributed by atoms with van der Waals surface area (Å²) in [6.07, 6.45) is 6.04. The summed E-state index contributed by atoms with van der Waals surface area (Å²) in [5.74, 6) is 0.435. The Morgan fingerprint density at radius 2 is 2.11 bits per heavy atom. The van der Waals surface area contributed by atoms with Crippen molar-refractivity contribution in [2.24, 2.45) is 5.41 Å². The molecule has 0 unspecified atom stereocenters. The molecule has 0 radical (unpaired) electrons. The van der Waals surface area contributed by atoms with Gasteiger partial charge in [-0.2, -0.15) is 0 Å². The summed E-state index contributed by atoms with van der Waals surface area (Å²) in [5, 5.41) is 3.45. The molecule has 3 nitrogen and oxygen atoms in total. The maximum absolute atomic E-state index is 11.9. The van der Waals surface area contributed by atoms with E-state index in [1.54, 1.807) is 12.1 Å². The highest BCUT2D eigenvalue weighted by atomic mass is 35.5. The van der Waals surface area contributed by atoms with E-state index in [9.17, 15) is 4.79 Å². The predicted molar refractivity (Wildman–Crippen MR) is 73.2 cm³/mol. The van der Waals surface area contributed by atoms with Crippen molar-refractivity contribution < 1.29 is 4.79 Å². The van der Waals surface area contributed by atoms with E-state index in [-0.39, 0.29) is 11.3 Å². The SMILES string of the molecule is O=C(NCC1(CCl)CCCC1)c1ccc(Cl)cn1. The number of carbonyl (C=O) groups excluding carboxylic acids is 1. The third kappa shape index (κ3) is 3.15. The Morgan fingerprint density at radius 1 is 1.39 bits per heavy atom. The molecule has 0 aromatic carbocycles. The van der Waals surface area contributed by atoms with Gasteiger partial charge in [0.25, 0.3) is 5.91 Å². The van der Waals surface area contributed by atoms with Gasteiger partial charge in [-0.15, -0.1) is 11.6 Å². The Kier molecular flexibility index (Phi) is 4.46. The fourth-order valence-electron chi connectivity index (χ4n) is 2.35. The molecule has 1 heterocycles. The van der Waals surface area contributed by atoms with E-state index < -0.39 is 0 Å². The third-order valence-electron chi connectivity index (χ3n) is 3.53. The molecule has 5 heteroatoms. The number of nitrogens with one attached hydrogen (secondary N) is 1. The molecule has 1 N–H and O–H groups in total. The second-order valence-electron chi connectivity index (χ2n) is 4.89.